The van der Waals surface area contributed by atoms with Crippen molar-refractivity contribution in [3.8, 4) is 0 Å². The molecule has 90 valence electrons. The fourth-order valence-corrected chi connectivity index (χ4v) is 1.09. The first-order chi connectivity index (χ1) is 7.11. The molecule has 0 bridgehead atoms. The van der Waals surface area contributed by atoms with E-state index in [1.807, 2.05) is 13.8 Å². The summed E-state index contributed by atoms with van der Waals surface area (Å²) in [7, 11) is 0. The first kappa shape index (κ1) is 14.4. The third-order valence-corrected chi connectivity index (χ3v) is 2.09. The molecule has 0 saturated heterocycles. The van der Waals surface area contributed by atoms with Gasteiger partial charge in [-0.25, -0.2) is 0 Å². The maximum atomic E-state index is 11.4. The largest absolute Gasteiger partial charge is 0.380 e. The molecule has 0 saturated carbocycles. The van der Waals surface area contributed by atoms with Crippen LogP contribution in [0.2, 0.25) is 0 Å². The number of carbonyl (C=O) groups is 1. The average molecular weight is 217 g/mol. The summed E-state index contributed by atoms with van der Waals surface area (Å²) in [5.41, 5.74) is 0. The SMILES string of the molecule is CCOCC(=O)NC(COCC)C(C)C. The van der Waals surface area contributed by atoms with E-state index in [1.165, 1.54) is 0 Å². The molecule has 4 heteroatoms. The number of hydrogen-bond donors (Lipinski definition) is 1. The van der Waals surface area contributed by atoms with Gasteiger partial charge in [-0.15, -0.1) is 0 Å². The molecule has 0 aliphatic heterocycles. The normalized spacial score (nSPS) is 12.9. The molecule has 0 fully saturated rings. The minimum Gasteiger partial charge on any atom is -0.380 e. The van der Waals surface area contributed by atoms with E-state index in [0.29, 0.717) is 25.7 Å². The van der Waals surface area contributed by atoms with Crippen LogP contribution in [0.15, 0.2) is 0 Å². The first-order valence-corrected chi connectivity index (χ1v) is 5.56. The zero-order valence-corrected chi connectivity index (χ0v) is 10.2. The highest BCUT2D eigenvalue weighted by Gasteiger charge is 2.15. The zero-order valence-electron chi connectivity index (χ0n) is 10.2. The van der Waals surface area contributed by atoms with Gasteiger partial charge in [0.2, 0.25) is 5.91 Å². The van der Waals surface area contributed by atoms with E-state index in [4.69, 9.17) is 9.47 Å². The van der Waals surface area contributed by atoms with Crippen LogP contribution in [-0.2, 0) is 14.3 Å². The predicted octanol–water partition coefficient (Wildman–Crippen LogP) is 1.20. The second kappa shape index (κ2) is 8.68. The lowest BCUT2D eigenvalue weighted by molar-refractivity contribution is -0.127. The monoisotopic (exact) mass is 217 g/mol. The molecule has 0 radical (unpaired) electrons. The molecule has 0 aromatic rings. The van der Waals surface area contributed by atoms with E-state index >= 15 is 0 Å². The average Bonchev–Trinajstić information content (AvgIpc) is 2.20. The molecule has 0 spiro atoms. The van der Waals surface area contributed by atoms with Crippen LogP contribution in [0.25, 0.3) is 0 Å². The summed E-state index contributed by atoms with van der Waals surface area (Å²) in [6.45, 7) is 9.86. The number of nitrogens with one attached hydrogen (secondary N) is 1. The molecule has 0 aliphatic carbocycles. The Hall–Kier alpha value is -0.610. The van der Waals surface area contributed by atoms with Gasteiger partial charge in [0, 0.05) is 13.2 Å². The summed E-state index contributed by atoms with van der Waals surface area (Å²) in [6, 6.07) is 0.0675. The standard InChI is InChI=1S/C11H23NO3/c1-5-14-7-10(9(3)4)12-11(13)8-15-6-2/h9-10H,5-8H2,1-4H3,(H,12,13). The molecule has 1 atom stereocenters. The van der Waals surface area contributed by atoms with E-state index in [1.54, 1.807) is 0 Å². The molecule has 15 heavy (non-hydrogen) atoms. The summed E-state index contributed by atoms with van der Waals surface area (Å²) in [5, 5.41) is 2.90. The van der Waals surface area contributed by atoms with Crippen LogP contribution in [-0.4, -0.2) is 38.4 Å². The summed E-state index contributed by atoms with van der Waals surface area (Å²) >= 11 is 0. The van der Waals surface area contributed by atoms with Crippen LogP contribution in [0.5, 0.6) is 0 Å². The van der Waals surface area contributed by atoms with Crippen molar-refractivity contribution in [1.82, 2.24) is 5.32 Å². The van der Waals surface area contributed by atoms with Crippen molar-refractivity contribution in [2.75, 3.05) is 26.4 Å². The van der Waals surface area contributed by atoms with Gasteiger partial charge in [0.25, 0.3) is 0 Å². The second-order valence-corrected chi connectivity index (χ2v) is 3.71. The number of ether oxygens (including phenoxy) is 2. The van der Waals surface area contributed by atoms with Crippen LogP contribution >= 0.6 is 0 Å². The maximum Gasteiger partial charge on any atom is 0.246 e. The Morgan fingerprint density at radius 1 is 1.20 bits per heavy atom. The highest BCUT2D eigenvalue weighted by Crippen LogP contribution is 2.02. The number of carbonyl (C=O) groups excluding carboxylic acids is 1. The third kappa shape index (κ3) is 7.33. The lowest BCUT2D eigenvalue weighted by Crippen LogP contribution is -2.43. The molecule has 4 nitrogen and oxygen atoms in total. The Kier molecular flexibility index (Phi) is 8.33. The summed E-state index contributed by atoms with van der Waals surface area (Å²) in [4.78, 5) is 11.4. The Labute approximate surface area is 92.3 Å². The predicted molar refractivity (Wildman–Crippen MR) is 59.8 cm³/mol. The van der Waals surface area contributed by atoms with Gasteiger partial charge in [-0.3, -0.25) is 4.79 Å². The molecular weight excluding hydrogens is 194 g/mol. The van der Waals surface area contributed by atoms with Crippen molar-refractivity contribution in [2.45, 2.75) is 33.7 Å². The van der Waals surface area contributed by atoms with Crippen molar-refractivity contribution >= 4 is 5.91 Å². The van der Waals surface area contributed by atoms with Crippen molar-refractivity contribution < 1.29 is 14.3 Å². The van der Waals surface area contributed by atoms with Gasteiger partial charge in [-0.05, 0) is 19.8 Å². The Morgan fingerprint density at radius 3 is 2.27 bits per heavy atom. The van der Waals surface area contributed by atoms with E-state index < -0.39 is 0 Å². The van der Waals surface area contributed by atoms with Crippen LogP contribution in [0.4, 0.5) is 0 Å². The zero-order chi connectivity index (χ0) is 11.7. The molecule has 0 heterocycles. The Balaban J connectivity index is 3.87. The first-order valence-electron chi connectivity index (χ1n) is 5.56. The van der Waals surface area contributed by atoms with Crippen LogP contribution in [0, 0.1) is 5.92 Å². The number of rotatable bonds is 8. The van der Waals surface area contributed by atoms with Crippen molar-refractivity contribution in [3.63, 3.8) is 0 Å². The number of hydrogen-bond acceptors (Lipinski definition) is 3. The minimum atomic E-state index is -0.0738. The summed E-state index contributed by atoms with van der Waals surface area (Å²) in [5.74, 6) is 0.289. The summed E-state index contributed by atoms with van der Waals surface area (Å²) in [6.07, 6.45) is 0. The van der Waals surface area contributed by atoms with Crippen molar-refractivity contribution in [3.05, 3.63) is 0 Å². The van der Waals surface area contributed by atoms with E-state index in [9.17, 15) is 4.79 Å². The molecular formula is C11H23NO3. The fourth-order valence-electron chi connectivity index (χ4n) is 1.09. The van der Waals surface area contributed by atoms with Gasteiger partial charge in [-0.1, -0.05) is 13.8 Å². The smallest absolute Gasteiger partial charge is 0.246 e. The maximum absolute atomic E-state index is 11.4. The second-order valence-electron chi connectivity index (χ2n) is 3.71. The van der Waals surface area contributed by atoms with Crippen LogP contribution in [0.1, 0.15) is 27.7 Å². The quantitative estimate of drug-likeness (QED) is 0.664. The minimum absolute atomic E-state index is 0.0675. The van der Waals surface area contributed by atoms with Crippen molar-refractivity contribution in [1.29, 1.82) is 0 Å². The molecule has 0 rings (SSSR count). The van der Waals surface area contributed by atoms with Gasteiger partial charge in [0.1, 0.15) is 6.61 Å². The lowest BCUT2D eigenvalue weighted by atomic mass is 10.1. The van der Waals surface area contributed by atoms with Gasteiger partial charge < -0.3 is 14.8 Å². The molecule has 0 aromatic heterocycles. The molecule has 1 unspecified atom stereocenters. The fraction of sp³-hybridized carbons (Fsp3) is 0.909. The molecule has 0 aliphatic rings. The van der Waals surface area contributed by atoms with Crippen LogP contribution < -0.4 is 5.32 Å². The highest BCUT2D eigenvalue weighted by atomic mass is 16.5. The van der Waals surface area contributed by atoms with Gasteiger partial charge in [-0.2, -0.15) is 0 Å². The molecule has 0 aromatic carbocycles. The van der Waals surface area contributed by atoms with E-state index in [0.717, 1.165) is 0 Å². The highest BCUT2D eigenvalue weighted by molar-refractivity contribution is 5.77. The van der Waals surface area contributed by atoms with Crippen LogP contribution in [0.3, 0.4) is 0 Å². The molecule has 1 amide bonds. The van der Waals surface area contributed by atoms with Gasteiger partial charge >= 0.3 is 0 Å². The van der Waals surface area contributed by atoms with Crippen molar-refractivity contribution in [2.24, 2.45) is 5.92 Å². The van der Waals surface area contributed by atoms with E-state index in [2.05, 4.69) is 19.2 Å². The summed E-state index contributed by atoms with van der Waals surface area (Å²) < 4.78 is 10.3. The van der Waals surface area contributed by atoms with Gasteiger partial charge in [0.15, 0.2) is 0 Å². The Bertz CT molecular complexity index is 171. The topological polar surface area (TPSA) is 47.6 Å². The third-order valence-electron chi connectivity index (χ3n) is 2.09. The Morgan fingerprint density at radius 2 is 1.80 bits per heavy atom. The number of amides is 1. The lowest BCUT2D eigenvalue weighted by Gasteiger charge is -2.21. The van der Waals surface area contributed by atoms with Gasteiger partial charge in [0.05, 0.1) is 12.6 Å². The molecule has 1 N–H and O–H groups in total. The van der Waals surface area contributed by atoms with E-state index in [-0.39, 0.29) is 18.6 Å².